The fourth-order valence-electron chi connectivity index (χ4n) is 8.72. The van der Waals surface area contributed by atoms with Gasteiger partial charge in [0.1, 0.15) is 12.2 Å². The summed E-state index contributed by atoms with van der Waals surface area (Å²) in [7, 11) is 6.33. The Hall–Kier alpha value is -1.69. The van der Waals surface area contributed by atoms with Crippen LogP contribution in [0.15, 0.2) is 0 Å². The Labute approximate surface area is 262 Å². The van der Waals surface area contributed by atoms with Crippen molar-refractivity contribution < 1.29 is 19.1 Å². The van der Waals surface area contributed by atoms with Crippen molar-refractivity contribution in [3.05, 3.63) is 0 Å². The van der Waals surface area contributed by atoms with E-state index in [-0.39, 0.29) is 57.8 Å². The zero-order valence-corrected chi connectivity index (χ0v) is 30.1. The lowest BCUT2D eigenvalue weighted by molar-refractivity contribution is -0.181. The molecule has 1 atom stereocenters. The molecule has 1 unspecified atom stereocenters. The number of hydrogen-bond acceptors (Lipinski definition) is 8. The first-order valence-electron chi connectivity index (χ1n) is 16.3. The zero-order chi connectivity index (χ0) is 33.2. The van der Waals surface area contributed by atoms with Crippen LogP contribution >= 0.6 is 0 Å². The monoisotopic (exact) mass is 602 g/mol. The minimum Gasteiger partial charge on any atom is -0.462 e. The Balaban J connectivity index is 1.96. The van der Waals surface area contributed by atoms with Crippen LogP contribution in [0.4, 0.5) is 0 Å². The van der Waals surface area contributed by atoms with Gasteiger partial charge in [0.2, 0.25) is 0 Å². The standard InChI is InChI=1S/C35H62N4O4/c1-29(2)16-24(17-30(3,4)37(29)13)35(23-36,28(41)43-26-20-33(9,10)39(15)34(11,12)21-26)22-27(40)42-25-18-31(5,6)38(14)32(7,8)19-25/h24-26H,16-22H2,1-15H3. The predicted molar refractivity (Wildman–Crippen MR) is 171 cm³/mol. The maximum absolute atomic E-state index is 14.5. The van der Waals surface area contributed by atoms with Crippen LogP contribution in [0.3, 0.4) is 0 Å². The highest BCUT2D eigenvalue weighted by Crippen LogP contribution is 2.50. The first kappa shape index (κ1) is 35.8. The van der Waals surface area contributed by atoms with E-state index in [0.717, 1.165) is 0 Å². The average molecular weight is 603 g/mol. The number of carbonyl (C=O) groups excluding carboxylic acids is 2. The third kappa shape index (κ3) is 6.94. The third-order valence-corrected chi connectivity index (χ3v) is 12.1. The summed E-state index contributed by atoms with van der Waals surface area (Å²) < 4.78 is 12.5. The lowest BCUT2D eigenvalue weighted by Crippen LogP contribution is -2.63. The largest absolute Gasteiger partial charge is 0.462 e. The molecule has 0 spiro atoms. The van der Waals surface area contributed by atoms with Crippen LogP contribution in [0.25, 0.3) is 0 Å². The van der Waals surface area contributed by atoms with E-state index < -0.39 is 17.4 Å². The van der Waals surface area contributed by atoms with E-state index in [2.05, 4.69) is 125 Å². The van der Waals surface area contributed by atoms with Gasteiger partial charge in [-0.1, -0.05) is 0 Å². The summed E-state index contributed by atoms with van der Waals surface area (Å²) in [5, 5.41) is 11.0. The van der Waals surface area contributed by atoms with Crippen molar-refractivity contribution in [2.75, 3.05) is 21.1 Å². The molecule has 3 saturated heterocycles. The molecule has 0 N–H and O–H groups in total. The predicted octanol–water partition coefficient (Wildman–Crippen LogP) is 6.17. The minimum absolute atomic E-state index is 0.159. The first-order valence-corrected chi connectivity index (χ1v) is 16.3. The smallest absolute Gasteiger partial charge is 0.327 e. The van der Waals surface area contributed by atoms with E-state index in [1.165, 1.54) is 0 Å². The molecule has 3 aliphatic heterocycles. The molecule has 43 heavy (non-hydrogen) atoms. The summed E-state index contributed by atoms with van der Waals surface area (Å²) >= 11 is 0. The minimum atomic E-state index is -1.64. The number of likely N-dealkylation sites (tertiary alicyclic amines) is 3. The van der Waals surface area contributed by atoms with Gasteiger partial charge in [0.25, 0.3) is 0 Å². The van der Waals surface area contributed by atoms with Crippen molar-refractivity contribution >= 4 is 11.9 Å². The lowest BCUT2D eigenvalue weighted by Gasteiger charge is -2.56. The molecule has 246 valence electrons. The average Bonchev–Trinajstić information content (AvgIpc) is 2.81. The molecule has 0 saturated carbocycles. The number of ether oxygens (including phenoxy) is 2. The van der Waals surface area contributed by atoms with Crippen molar-refractivity contribution in [1.82, 2.24) is 14.7 Å². The van der Waals surface area contributed by atoms with Gasteiger partial charge >= 0.3 is 11.9 Å². The Morgan fingerprint density at radius 3 is 1.26 bits per heavy atom. The van der Waals surface area contributed by atoms with Gasteiger partial charge in [-0.05, 0) is 123 Å². The lowest BCUT2D eigenvalue weighted by atomic mass is 9.62. The summed E-state index contributed by atoms with van der Waals surface area (Å²) in [5.74, 6) is -1.42. The van der Waals surface area contributed by atoms with Gasteiger partial charge < -0.3 is 9.47 Å². The van der Waals surface area contributed by atoms with Gasteiger partial charge in [0.15, 0.2) is 5.41 Å². The molecule has 0 aromatic heterocycles. The Bertz CT molecular complexity index is 1060. The first-order chi connectivity index (χ1) is 19.2. The van der Waals surface area contributed by atoms with Crippen LogP contribution in [0.1, 0.15) is 128 Å². The fraction of sp³-hybridized carbons (Fsp3) is 0.914. The Morgan fingerprint density at radius 2 is 0.930 bits per heavy atom. The molecule has 0 aliphatic carbocycles. The van der Waals surface area contributed by atoms with E-state index in [9.17, 15) is 14.9 Å². The van der Waals surface area contributed by atoms with E-state index >= 15 is 0 Å². The molecule has 3 fully saturated rings. The second-order valence-corrected chi connectivity index (χ2v) is 17.9. The quantitative estimate of drug-likeness (QED) is 0.334. The maximum Gasteiger partial charge on any atom is 0.327 e. The molecule has 3 aliphatic rings. The SMILES string of the molecule is CN1C(C)(C)CC(OC(=O)CC(C#N)(C(=O)OC2CC(C)(C)N(C)C(C)(C)C2)C2CC(C)(C)N(C)C(C)(C)C2)CC1(C)C. The zero-order valence-electron chi connectivity index (χ0n) is 30.1. The van der Waals surface area contributed by atoms with E-state index in [4.69, 9.17) is 9.47 Å². The number of rotatable bonds is 6. The summed E-state index contributed by atoms with van der Waals surface area (Å²) in [6, 6.07) is 2.41. The molecule has 3 rings (SSSR count). The number of esters is 2. The van der Waals surface area contributed by atoms with Crippen molar-refractivity contribution in [2.45, 2.75) is 173 Å². The molecular formula is C35H62N4O4. The van der Waals surface area contributed by atoms with Gasteiger partial charge in [-0.3, -0.25) is 24.3 Å². The van der Waals surface area contributed by atoms with Crippen LogP contribution in [0.2, 0.25) is 0 Å². The van der Waals surface area contributed by atoms with Crippen molar-refractivity contribution in [2.24, 2.45) is 11.3 Å². The van der Waals surface area contributed by atoms with Crippen LogP contribution in [0, 0.1) is 22.7 Å². The number of piperidine rings is 3. The van der Waals surface area contributed by atoms with Crippen molar-refractivity contribution in [1.29, 1.82) is 5.26 Å². The number of hydrogen-bond donors (Lipinski definition) is 0. The van der Waals surface area contributed by atoms with Gasteiger partial charge in [-0.2, -0.15) is 5.26 Å². The molecule has 8 heteroatoms. The summed E-state index contributed by atoms with van der Waals surface area (Å²) in [6.07, 6.45) is 2.97. The van der Waals surface area contributed by atoms with E-state index in [1.807, 2.05) is 0 Å². The fourth-order valence-corrected chi connectivity index (χ4v) is 8.72. The van der Waals surface area contributed by atoms with E-state index in [0.29, 0.717) is 38.5 Å². The molecule has 3 heterocycles. The van der Waals surface area contributed by atoms with Gasteiger partial charge in [-0.25, -0.2) is 0 Å². The van der Waals surface area contributed by atoms with Crippen molar-refractivity contribution in [3.8, 4) is 6.07 Å². The molecule has 0 amide bonds. The van der Waals surface area contributed by atoms with Crippen LogP contribution in [0.5, 0.6) is 0 Å². The van der Waals surface area contributed by atoms with Gasteiger partial charge in [0, 0.05) is 58.9 Å². The normalized spacial score (nSPS) is 29.3. The third-order valence-electron chi connectivity index (χ3n) is 12.1. The Kier molecular flexibility index (Phi) is 9.39. The van der Waals surface area contributed by atoms with Crippen LogP contribution in [-0.4, -0.2) is 93.2 Å². The second kappa shape index (κ2) is 11.3. The highest BCUT2D eigenvalue weighted by atomic mass is 16.6. The van der Waals surface area contributed by atoms with E-state index in [1.54, 1.807) is 0 Å². The van der Waals surface area contributed by atoms with Gasteiger partial charge in [0.05, 0.1) is 12.5 Å². The second-order valence-electron chi connectivity index (χ2n) is 17.9. The molecule has 0 aromatic carbocycles. The van der Waals surface area contributed by atoms with Gasteiger partial charge in [-0.15, -0.1) is 0 Å². The highest BCUT2D eigenvalue weighted by Gasteiger charge is 2.58. The summed E-state index contributed by atoms with van der Waals surface area (Å²) in [5.41, 5.74) is -2.89. The topological polar surface area (TPSA) is 86.1 Å². The number of nitrogens with zero attached hydrogens (tertiary/aromatic N) is 4. The molecule has 0 radical (unpaired) electrons. The maximum atomic E-state index is 14.5. The number of carbonyl (C=O) groups is 2. The molecule has 8 nitrogen and oxygen atoms in total. The Morgan fingerprint density at radius 1 is 0.628 bits per heavy atom. The molecule has 0 bridgehead atoms. The number of nitriles is 1. The highest BCUT2D eigenvalue weighted by molar-refractivity contribution is 5.87. The van der Waals surface area contributed by atoms with Crippen LogP contribution in [-0.2, 0) is 19.1 Å². The summed E-state index contributed by atoms with van der Waals surface area (Å²) in [6.45, 7) is 25.9. The summed E-state index contributed by atoms with van der Waals surface area (Å²) in [4.78, 5) is 35.3. The van der Waals surface area contributed by atoms with Crippen molar-refractivity contribution in [3.63, 3.8) is 0 Å². The molecule has 0 aromatic rings. The molecular weight excluding hydrogens is 540 g/mol. The van der Waals surface area contributed by atoms with Crippen LogP contribution < -0.4 is 0 Å².